The Balaban J connectivity index is 1.56. The average Bonchev–Trinajstić information content (AvgIpc) is 3.01. The molecule has 0 aliphatic heterocycles. The first kappa shape index (κ1) is 14.3. The fraction of sp³-hybridized carbons (Fsp3) is 0.500. The van der Waals surface area contributed by atoms with Crippen LogP contribution in [-0.4, -0.2) is 15.6 Å². The lowest BCUT2D eigenvalue weighted by molar-refractivity contribution is 0.227. The highest BCUT2D eigenvalue weighted by atomic mass is 15.0. The Morgan fingerprint density at radius 1 is 1.19 bits per heavy atom. The molecule has 3 atom stereocenters. The number of benzene rings is 1. The van der Waals surface area contributed by atoms with E-state index in [4.69, 9.17) is 0 Å². The van der Waals surface area contributed by atoms with E-state index in [-0.39, 0.29) is 0 Å². The molecule has 1 aromatic carbocycles. The highest BCUT2D eigenvalue weighted by Crippen LogP contribution is 2.28. The van der Waals surface area contributed by atoms with Gasteiger partial charge in [0.15, 0.2) is 0 Å². The van der Waals surface area contributed by atoms with E-state index in [9.17, 15) is 0 Å². The molecule has 3 heteroatoms. The molecule has 0 radical (unpaired) electrons. The summed E-state index contributed by atoms with van der Waals surface area (Å²) >= 11 is 0. The standard InChI is InChI=1S/C18H25N3/c1-14-3-8-18(15(2)11-14)20-12-16-4-6-17(7-5-16)21-10-9-19-13-21/h4-7,9-10,13-15,18,20H,3,8,11-12H2,1-2H3. The molecule has 2 aromatic rings. The first-order valence-electron chi connectivity index (χ1n) is 8.03. The third kappa shape index (κ3) is 3.53. The fourth-order valence-corrected chi connectivity index (χ4v) is 3.42. The van der Waals surface area contributed by atoms with Gasteiger partial charge in [-0.05, 0) is 48.8 Å². The minimum Gasteiger partial charge on any atom is -0.310 e. The second-order valence-electron chi connectivity index (χ2n) is 6.52. The van der Waals surface area contributed by atoms with Gasteiger partial charge in [-0.15, -0.1) is 0 Å². The van der Waals surface area contributed by atoms with Crippen LogP contribution in [0.15, 0.2) is 43.0 Å². The van der Waals surface area contributed by atoms with Crippen molar-refractivity contribution in [2.24, 2.45) is 11.8 Å². The van der Waals surface area contributed by atoms with Gasteiger partial charge in [0.2, 0.25) is 0 Å². The zero-order chi connectivity index (χ0) is 14.7. The topological polar surface area (TPSA) is 29.9 Å². The van der Waals surface area contributed by atoms with Crippen LogP contribution in [-0.2, 0) is 6.54 Å². The van der Waals surface area contributed by atoms with E-state index in [2.05, 4.69) is 48.4 Å². The van der Waals surface area contributed by atoms with Crippen LogP contribution in [0.5, 0.6) is 0 Å². The molecule has 3 unspecified atom stereocenters. The Hall–Kier alpha value is -1.61. The zero-order valence-electron chi connectivity index (χ0n) is 13.0. The van der Waals surface area contributed by atoms with Crippen molar-refractivity contribution in [2.75, 3.05) is 0 Å². The van der Waals surface area contributed by atoms with Crippen molar-refractivity contribution in [3.63, 3.8) is 0 Å². The van der Waals surface area contributed by atoms with Crippen LogP contribution in [0.1, 0.15) is 38.7 Å². The van der Waals surface area contributed by atoms with Crippen molar-refractivity contribution < 1.29 is 0 Å². The number of rotatable bonds is 4. The SMILES string of the molecule is CC1CCC(NCc2ccc(-n3ccnc3)cc2)C(C)C1. The van der Waals surface area contributed by atoms with Gasteiger partial charge in [0.05, 0.1) is 6.33 Å². The first-order valence-corrected chi connectivity index (χ1v) is 8.03. The summed E-state index contributed by atoms with van der Waals surface area (Å²) in [6, 6.07) is 9.40. The fourth-order valence-electron chi connectivity index (χ4n) is 3.42. The quantitative estimate of drug-likeness (QED) is 0.925. The van der Waals surface area contributed by atoms with Gasteiger partial charge in [0.25, 0.3) is 0 Å². The lowest BCUT2D eigenvalue weighted by Crippen LogP contribution is -2.38. The molecule has 0 saturated heterocycles. The number of nitrogens with zero attached hydrogens (tertiary/aromatic N) is 2. The number of hydrogen-bond acceptors (Lipinski definition) is 2. The van der Waals surface area contributed by atoms with Gasteiger partial charge >= 0.3 is 0 Å². The molecule has 1 heterocycles. The molecule has 1 saturated carbocycles. The minimum absolute atomic E-state index is 0.675. The molecule has 1 N–H and O–H groups in total. The van der Waals surface area contributed by atoms with Gasteiger partial charge in [-0.3, -0.25) is 0 Å². The molecular formula is C18H25N3. The maximum Gasteiger partial charge on any atom is 0.0991 e. The zero-order valence-corrected chi connectivity index (χ0v) is 13.0. The van der Waals surface area contributed by atoms with Gasteiger partial charge in [-0.1, -0.05) is 26.0 Å². The second kappa shape index (κ2) is 6.44. The predicted octanol–water partition coefficient (Wildman–Crippen LogP) is 3.79. The van der Waals surface area contributed by atoms with Crippen molar-refractivity contribution in [3.05, 3.63) is 48.5 Å². The Morgan fingerprint density at radius 2 is 2.00 bits per heavy atom. The van der Waals surface area contributed by atoms with Crippen molar-refractivity contribution in [1.82, 2.24) is 14.9 Å². The van der Waals surface area contributed by atoms with Crippen LogP contribution in [0.3, 0.4) is 0 Å². The molecule has 3 rings (SSSR count). The highest BCUT2D eigenvalue weighted by Gasteiger charge is 2.24. The average molecular weight is 283 g/mol. The monoisotopic (exact) mass is 283 g/mol. The van der Waals surface area contributed by atoms with E-state index in [0.29, 0.717) is 6.04 Å². The summed E-state index contributed by atoms with van der Waals surface area (Å²) in [5.74, 6) is 1.69. The van der Waals surface area contributed by atoms with Crippen LogP contribution in [0.4, 0.5) is 0 Å². The van der Waals surface area contributed by atoms with Crippen molar-refractivity contribution >= 4 is 0 Å². The molecule has 0 bridgehead atoms. The summed E-state index contributed by atoms with van der Waals surface area (Å²) < 4.78 is 2.03. The van der Waals surface area contributed by atoms with Crippen molar-refractivity contribution in [3.8, 4) is 5.69 Å². The van der Waals surface area contributed by atoms with E-state index in [1.807, 2.05) is 17.1 Å². The minimum atomic E-state index is 0.675. The van der Waals surface area contributed by atoms with Crippen LogP contribution in [0.25, 0.3) is 5.69 Å². The molecule has 1 fully saturated rings. The summed E-state index contributed by atoms with van der Waals surface area (Å²) in [6.45, 7) is 5.73. The Labute approximate surface area is 127 Å². The van der Waals surface area contributed by atoms with Gasteiger partial charge in [-0.25, -0.2) is 4.98 Å². The first-order chi connectivity index (χ1) is 10.2. The predicted molar refractivity (Wildman–Crippen MR) is 86.4 cm³/mol. The lowest BCUT2D eigenvalue weighted by Gasteiger charge is -2.33. The van der Waals surface area contributed by atoms with Crippen molar-refractivity contribution in [1.29, 1.82) is 0 Å². The molecule has 21 heavy (non-hydrogen) atoms. The Morgan fingerprint density at radius 3 is 2.67 bits per heavy atom. The van der Waals surface area contributed by atoms with Crippen LogP contribution >= 0.6 is 0 Å². The van der Waals surface area contributed by atoms with E-state index >= 15 is 0 Å². The van der Waals surface area contributed by atoms with E-state index < -0.39 is 0 Å². The number of aromatic nitrogens is 2. The summed E-state index contributed by atoms with van der Waals surface area (Å²) in [5, 5.41) is 3.74. The molecule has 112 valence electrons. The normalized spacial score (nSPS) is 25.9. The summed E-state index contributed by atoms with van der Waals surface area (Å²) in [5.41, 5.74) is 2.51. The highest BCUT2D eigenvalue weighted by molar-refractivity contribution is 5.34. The number of imidazole rings is 1. The largest absolute Gasteiger partial charge is 0.310 e. The third-order valence-electron chi connectivity index (χ3n) is 4.74. The summed E-state index contributed by atoms with van der Waals surface area (Å²) in [6.07, 6.45) is 9.64. The van der Waals surface area contributed by atoms with E-state index in [1.54, 1.807) is 6.20 Å². The molecule has 3 nitrogen and oxygen atoms in total. The molecule has 1 aliphatic rings. The Bertz CT molecular complexity index is 544. The van der Waals surface area contributed by atoms with Crippen molar-refractivity contribution in [2.45, 2.75) is 45.7 Å². The maximum atomic E-state index is 4.08. The second-order valence-corrected chi connectivity index (χ2v) is 6.52. The van der Waals surface area contributed by atoms with Gasteiger partial charge in [0, 0.05) is 30.7 Å². The number of hydrogen-bond donors (Lipinski definition) is 1. The van der Waals surface area contributed by atoms with Gasteiger partial charge in [0.1, 0.15) is 0 Å². The van der Waals surface area contributed by atoms with E-state index in [1.165, 1.54) is 24.8 Å². The molecule has 0 amide bonds. The lowest BCUT2D eigenvalue weighted by atomic mass is 9.80. The molecule has 0 spiro atoms. The van der Waals surface area contributed by atoms with Crippen LogP contribution in [0, 0.1) is 11.8 Å². The van der Waals surface area contributed by atoms with Gasteiger partial charge < -0.3 is 9.88 Å². The smallest absolute Gasteiger partial charge is 0.0991 e. The summed E-state index contributed by atoms with van der Waals surface area (Å²) in [7, 11) is 0. The maximum absolute atomic E-state index is 4.08. The molecule has 1 aliphatic carbocycles. The number of nitrogens with one attached hydrogen (secondary N) is 1. The van der Waals surface area contributed by atoms with Crippen LogP contribution < -0.4 is 5.32 Å². The van der Waals surface area contributed by atoms with Crippen LogP contribution in [0.2, 0.25) is 0 Å². The van der Waals surface area contributed by atoms with E-state index in [0.717, 1.165) is 24.1 Å². The third-order valence-corrected chi connectivity index (χ3v) is 4.74. The Kier molecular flexibility index (Phi) is 4.39. The van der Waals surface area contributed by atoms with Gasteiger partial charge in [-0.2, -0.15) is 0 Å². The summed E-state index contributed by atoms with van der Waals surface area (Å²) in [4.78, 5) is 4.08. The molecular weight excluding hydrogens is 258 g/mol. The molecule has 1 aromatic heterocycles.